The summed E-state index contributed by atoms with van der Waals surface area (Å²) in [5.41, 5.74) is 1.65. The highest BCUT2D eigenvalue weighted by Gasteiger charge is 2.03. The van der Waals surface area contributed by atoms with E-state index in [9.17, 15) is 0 Å². The van der Waals surface area contributed by atoms with Crippen molar-refractivity contribution >= 4 is 17.2 Å². The molecular weight excluding hydrogens is 272 g/mol. The molecule has 0 saturated carbocycles. The van der Waals surface area contributed by atoms with Crippen LogP contribution in [0, 0.1) is 0 Å². The van der Waals surface area contributed by atoms with E-state index in [1.807, 2.05) is 54.6 Å². The van der Waals surface area contributed by atoms with Crippen molar-refractivity contribution in [3.8, 4) is 11.4 Å². The number of aromatic nitrogens is 3. The first kappa shape index (κ1) is 12.6. The zero-order valence-corrected chi connectivity index (χ0v) is 11.6. The van der Waals surface area contributed by atoms with Gasteiger partial charge in [0.15, 0.2) is 0 Å². The highest BCUT2D eigenvalue weighted by molar-refractivity contribution is 7.02. The molecule has 0 radical (unpaired) electrons. The molecular formula is C14H12N4OS. The van der Waals surface area contributed by atoms with Gasteiger partial charge in [-0.05, 0) is 28.5 Å². The SMILES string of the molecule is COc1ccccc1N=c1[n-][n+](-c2ccccc2)ns1. The molecule has 0 aliphatic carbocycles. The molecule has 0 aliphatic heterocycles. The van der Waals surface area contributed by atoms with Gasteiger partial charge in [-0.1, -0.05) is 39.9 Å². The molecule has 3 rings (SSSR count). The molecule has 3 aromatic rings. The van der Waals surface area contributed by atoms with Gasteiger partial charge in [0.2, 0.25) is 5.69 Å². The summed E-state index contributed by atoms with van der Waals surface area (Å²) in [6.07, 6.45) is 0. The van der Waals surface area contributed by atoms with E-state index in [0.29, 0.717) is 10.6 Å². The summed E-state index contributed by atoms with van der Waals surface area (Å²) < 4.78 is 9.52. The molecule has 5 nitrogen and oxygen atoms in total. The van der Waals surface area contributed by atoms with Gasteiger partial charge < -0.3 is 9.73 Å². The van der Waals surface area contributed by atoms with E-state index in [4.69, 9.17) is 4.74 Å². The van der Waals surface area contributed by atoms with Crippen molar-refractivity contribution in [3.63, 3.8) is 0 Å². The largest absolute Gasteiger partial charge is 0.496 e. The molecule has 1 heterocycles. The monoisotopic (exact) mass is 284 g/mol. The molecule has 20 heavy (non-hydrogen) atoms. The zero-order chi connectivity index (χ0) is 13.8. The van der Waals surface area contributed by atoms with E-state index in [-0.39, 0.29) is 0 Å². The molecule has 0 bridgehead atoms. The fourth-order valence-corrected chi connectivity index (χ4v) is 2.26. The van der Waals surface area contributed by atoms with Crippen molar-refractivity contribution in [2.75, 3.05) is 7.11 Å². The highest BCUT2D eigenvalue weighted by Crippen LogP contribution is 2.25. The molecule has 0 spiro atoms. The fourth-order valence-electron chi connectivity index (χ4n) is 1.73. The maximum Gasteiger partial charge on any atom is 0.240 e. The predicted octanol–water partition coefficient (Wildman–Crippen LogP) is 1.62. The minimum absolute atomic E-state index is 0.582. The van der Waals surface area contributed by atoms with Gasteiger partial charge in [-0.15, -0.1) is 0 Å². The summed E-state index contributed by atoms with van der Waals surface area (Å²) in [5.74, 6) is 0.717. The van der Waals surface area contributed by atoms with Gasteiger partial charge in [-0.2, -0.15) is 0 Å². The predicted molar refractivity (Wildman–Crippen MR) is 75.2 cm³/mol. The third-order valence-corrected chi connectivity index (χ3v) is 3.24. The third-order valence-electron chi connectivity index (χ3n) is 2.67. The van der Waals surface area contributed by atoms with Crippen LogP contribution < -0.4 is 19.4 Å². The topological polar surface area (TPSA) is 52.5 Å². The first-order valence-corrected chi connectivity index (χ1v) is 6.80. The average Bonchev–Trinajstić information content (AvgIpc) is 2.97. The summed E-state index contributed by atoms with van der Waals surface area (Å²) in [5, 5.41) is 4.35. The second kappa shape index (κ2) is 5.66. The van der Waals surface area contributed by atoms with Crippen LogP contribution in [0.2, 0.25) is 0 Å². The molecule has 1 aromatic heterocycles. The van der Waals surface area contributed by atoms with Crippen LogP contribution in [-0.4, -0.2) is 11.6 Å². The van der Waals surface area contributed by atoms with Crippen LogP contribution in [0.25, 0.3) is 5.69 Å². The number of ether oxygens (including phenoxy) is 1. The lowest BCUT2D eigenvalue weighted by Crippen LogP contribution is -2.39. The van der Waals surface area contributed by atoms with Crippen molar-refractivity contribution in [2.24, 2.45) is 4.99 Å². The Labute approximate surface area is 120 Å². The van der Waals surface area contributed by atoms with Crippen molar-refractivity contribution < 1.29 is 9.53 Å². The summed E-state index contributed by atoms with van der Waals surface area (Å²) in [6, 6.07) is 17.3. The third kappa shape index (κ3) is 2.60. The Hall–Kier alpha value is -2.47. The quantitative estimate of drug-likeness (QED) is 0.687. The van der Waals surface area contributed by atoms with Crippen molar-refractivity contribution in [2.45, 2.75) is 0 Å². The minimum atomic E-state index is 0.582. The van der Waals surface area contributed by atoms with Gasteiger partial charge in [0.25, 0.3) is 0 Å². The van der Waals surface area contributed by atoms with Gasteiger partial charge >= 0.3 is 0 Å². The number of methoxy groups -OCH3 is 1. The Balaban J connectivity index is 2.00. The first-order valence-electron chi connectivity index (χ1n) is 6.03. The minimum Gasteiger partial charge on any atom is -0.496 e. The number of hydrogen-bond donors (Lipinski definition) is 0. The first-order chi connectivity index (χ1) is 9.86. The Morgan fingerprint density at radius 1 is 1.10 bits per heavy atom. The van der Waals surface area contributed by atoms with E-state index < -0.39 is 0 Å². The Bertz CT molecular complexity index is 764. The van der Waals surface area contributed by atoms with Gasteiger partial charge in [-0.3, -0.25) is 0 Å². The lowest BCUT2D eigenvalue weighted by Gasteiger charge is -2.04. The van der Waals surface area contributed by atoms with Crippen LogP contribution in [0.5, 0.6) is 5.75 Å². The molecule has 0 saturated heterocycles. The number of para-hydroxylation sites is 3. The number of rotatable bonds is 3. The number of benzene rings is 2. The van der Waals surface area contributed by atoms with Crippen LogP contribution in [0.1, 0.15) is 0 Å². The fraction of sp³-hybridized carbons (Fsp3) is 0.0714. The lowest BCUT2D eigenvalue weighted by molar-refractivity contribution is -0.716. The molecule has 0 amide bonds. The van der Waals surface area contributed by atoms with Gasteiger partial charge in [-0.25, -0.2) is 0 Å². The van der Waals surface area contributed by atoms with Crippen molar-refractivity contribution in [1.82, 2.24) is 9.59 Å². The molecule has 0 N–H and O–H groups in total. The zero-order valence-electron chi connectivity index (χ0n) is 10.8. The van der Waals surface area contributed by atoms with Crippen LogP contribution in [0.15, 0.2) is 59.6 Å². The van der Waals surface area contributed by atoms with Gasteiger partial charge in [0, 0.05) is 17.8 Å². The average molecular weight is 284 g/mol. The van der Waals surface area contributed by atoms with Crippen LogP contribution >= 0.6 is 11.5 Å². The molecule has 100 valence electrons. The second-order valence-corrected chi connectivity index (χ2v) is 4.68. The van der Waals surface area contributed by atoms with E-state index >= 15 is 0 Å². The van der Waals surface area contributed by atoms with E-state index in [1.54, 1.807) is 11.9 Å². The van der Waals surface area contributed by atoms with Crippen LogP contribution in [-0.2, 0) is 0 Å². The molecule has 0 fully saturated rings. The summed E-state index contributed by atoms with van der Waals surface area (Å²) in [7, 11) is 1.62. The molecule has 0 aliphatic rings. The summed E-state index contributed by atoms with van der Waals surface area (Å²) in [4.78, 5) is 6.61. The molecule has 2 aromatic carbocycles. The Kier molecular flexibility index (Phi) is 3.56. The van der Waals surface area contributed by atoms with Crippen LogP contribution in [0.3, 0.4) is 0 Å². The molecule has 0 atom stereocenters. The van der Waals surface area contributed by atoms with Crippen molar-refractivity contribution in [3.05, 3.63) is 59.4 Å². The maximum atomic E-state index is 5.26. The Morgan fingerprint density at radius 3 is 2.65 bits per heavy atom. The number of hydrogen-bond acceptors (Lipinski definition) is 4. The van der Waals surface area contributed by atoms with Gasteiger partial charge in [0.1, 0.15) is 10.6 Å². The van der Waals surface area contributed by atoms with Crippen LogP contribution in [0.4, 0.5) is 5.69 Å². The Morgan fingerprint density at radius 2 is 1.85 bits per heavy atom. The smallest absolute Gasteiger partial charge is 0.240 e. The van der Waals surface area contributed by atoms with Crippen molar-refractivity contribution in [1.29, 1.82) is 0 Å². The summed E-state index contributed by atoms with van der Waals surface area (Å²) >= 11 is 1.24. The lowest BCUT2D eigenvalue weighted by atomic mass is 10.3. The highest BCUT2D eigenvalue weighted by atomic mass is 32.1. The van der Waals surface area contributed by atoms with E-state index in [1.165, 1.54) is 11.5 Å². The summed E-state index contributed by atoms with van der Waals surface area (Å²) in [6.45, 7) is 0. The van der Waals surface area contributed by atoms with E-state index in [0.717, 1.165) is 11.4 Å². The van der Waals surface area contributed by atoms with E-state index in [2.05, 4.69) is 14.6 Å². The standard InChI is InChI=1S/C14H12N4OS/c1-19-13-10-6-5-9-12(13)15-14-16-18(17-20-14)11-7-3-2-4-8-11/h2-10H,1H3. The normalized spacial score (nSPS) is 11.6. The maximum absolute atomic E-state index is 5.26. The second-order valence-electron chi connectivity index (χ2n) is 3.96. The van der Waals surface area contributed by atoms with Gasteiger partial charge in [0.05, 0.1) is 7.11 Å². The molecule has 6 heteroatoms. The number of nitrogens with zero attached hydrogens (tertiary/aromatic N) is 4. The molecule has 0 unspecified atom stereocenters.